The highest BCUT2D eigenvalue weighted by atomic mass is 35.5. The zero-order valence-corrected chi connectivity index (χ0v) is 13.4. The molecule has 1 atom stereocenters. The number of nitrogens with one attached hydrogen (secondary N) is 1. The first-order valence-corrected chi connectivity index (χ1v) is 9.38. The van der Waals surface area contributed by atoms with Gasteiger partial charge < -0.3 is 4.90 Å². The highest BCUT2D eigenvalue weighted by Crippen LogP contribution is 2.43. The molecule has 2 aliphatic rings. The fourth-order valence-electron chi connectivity index (χ4n) is 2.85. The standard InChI is InChI=1S/C13H18ClN3O3S/c1-2-17(9-5-6-21(19,20)7-9)13(18)12-10(14)11(15-16-12)8-3-4-8/h8-9H,2-7H2,1H3,(H,15,16). The van der Waals surface area contributed by atoms with Gasteiger partial charge in [0.25, 0.3) is 5.91 Å². The third-order valence-corrected chi connectivity index (χ3v) is 6.30. The van der Waals surface area contributed by atoms with Crippen LogP contribution >= 0.6 is 11.6 Å². The molecule has 1 amide bonds. The van der Waals surface area contributed by atoms with Crippen molar-refractivity contribution in [2.45, 2.75) is 38.1 Å². The Morgan fingerprint density at radius 3 is 2.67 bits per heavy atom. The SMILES string of the molecule is CCN(C(=O)c1n[nH]c(C2CC2)c1Cl)C1CCS(=O)(=O)C1. The quantitative estimate of drug-likeness (QED) is 0.908. The number of hydrogen-bond acceptors (Lipinski definition) is 4. The summed E-state index contributed by atoms with van der Waals surface area (Å²) in [6, 6.07) is -0.273. The summed E-state index contributed by atoms with van der Waals surface area (Å²) in [5.41, 5.74) is 1.04. The molecule has 0 radical (unpaired) electrons. The van der Waals surface area contributed by atoms with Crippen LogP contribution in [0.3, 0.4) is 0 Å². The van der Waals surface area contributed by atoms with Gasteiger partial charge in [-0.25, -0.2) is 8.42 Å². The van der Waals surface area contributed by atoms with Gasteiger partial charge in [-0.3, -0.25) is 9.89 Å². The number of sulfone groups is 1. The van der Waals surface area contributed by atoms with Gasteiger partial charge >= 0.3 is 0 Å². The number of H-pyrrole nitrogens is 1. The lowest BCUT2D eigenvalue weighted by molar-refractivity contribution is 0.0702. The second kappa shape index (κ2) is 5.28. The lowest BCUT2D eigenvalue weighted by Crippen LogP contribution is -2.41. The van der Waals surface area contributed by atoms with Gasteiger partial charge in [0.1, 0.15) is 0 Å². The highest BCUT2D eigenvalue weighted by molar-refractivity contribution is 7.91. The molecule has 1 unspecified atom stereocenters. The molecule has 0 aromatic carbocycles. The molecule has 1 saturated heterocycles. The number of aromatic amines is 1. The average Bonchev–Trinajstić information content (AvgIpc) is 3.10. The fourth-order valence-corrected chi connectivity index (χ4v) is 4.90. The number of hydrogen-bond donors (Lipinski definition) is 1. The smallest absolute Gasteiger partial charge is 0.276 e. The van der Waals surface area contributed by atoms with E-state index < -0.39 is 9.84 Å². The summed E-state index contributed by atoms with van der Waals surface area (Å²) < 4.78 is 23.2. The predicted octanol–water partition coefficient (Wildman–Crippen LogP) is 1.59. The van der Waals surface area contributed by atoms with Crippen molar-refractivity contribution in [1.29, 1.82) is 0 Å². The van der Waals surface area contributed by atoms with Crippen LogP contribution in [0.5, 0.6) is 0 Å². The van der Waals surface area contributed by atoms with Gasteiger partial charge in [-0.1, -0.05) is 11.6 Å². The lowest BCUT2D eigenvalue weighted by Gasteiger charge is -2.26. The molecular formula is C13H18ClN3O3S. The lowest BCUT2D eigenvalue weighted by atomic mass is 10.2. The number of halogens is 1. The van der Waals surface area contributed by atoms with E-state index in [1.54, 1.807) is 4.90 Å². The second-order valence-electron chi connectivity index (χ2n) is 5.72. The van der Waals surface area contributed by atoms with E-state index in [2.05, 4.69) is 10.2 Å². The fraction of sp³-hybridized carbons (Fsp3) is 0.692. The molecule has 1 aromatic rings. The molecule has 1 saturated carbocycles. The normalized spacial score (nSPS) is 24.2. The molecule has 2 fully saturated rings. The van der Waals surface area contributed by atoms with Crippen LogP contribution in [0.25, 0.3) is 0 Å². The number of nitrogens with zero attached hydrogens (tertiary/aromatic N) is 2. The first-order chi connectivity index (χ1) is 9.93. The molecule has 8 heteroatoms. The number of amides is 1. The summed E-state index contributed by atoms with van der Waals surface area (Å²) in [6.45, 7) is 2.28. The maximum Gasteiger partial charge on any atom is 0.276 e. The Balaban J connectivity index is 1.82. The number of rotatable bonds is 4. The van der Waals surface area contributed by atoms with Crippen LogP contribution in [-0.4, -0.2) is 53.5 Å². The number of carbonyl (C=O) groups is 1. The molecule has 2 heterocycles. The maximum absolute atomic E-state index is 12.6. The van der Waals surface area contributed by atoms with Gasteiger partial charge in [0, 0.05) is 18.5 Å². The molecule has 21 heavy (non-hydrogen) atoms. The number of carbonyl (C=O) groups excluding carboxylic acids is 1. The van der Waals surface area contributed by atoms with Crippen molar-refractivity contribution in [3.63, 3.8) is 0 Å². The van der Waals surface area contributed by atoms with Crippen molar-refractivity contribution < 1.29 is 13.2 Å². The summed E-state index contributed by atoms with van der Waals surface area (Å²) in [4.78, 5) is 14.2. The zero-order valence-electron chi connectivity index (χ0n) is 11.8. The third kappa shape index (κ3) is 2.81. The largest absolute Gasteiger partial charge is 0.333 e. The minimum atomic E-state index is -3.03. The summed E-state index contributed by atoms with van der Waals surface area (Å²) >= 11 is 6.26. The monoisotopic (exact) mass is 331 g/mol. The molecule has 1 aromatic heterocycles. The van der Waals surface area contributed by atoms with E-state index in [4.69, 9.17) is 11.6 Å². The van der Waals surface area contributed by atoms with Crippen LogP contribution in [0.2, 0.25) is 5.02 Å². The van der Waals surface area contributed by atoms with E-state index in [-0.39, 0.29) is 29.1 Å². The molecular weight excluding hydrogens is 314 g/mol. The highest BCUT2D eigenvalue weighted by Gasteiger charge is 2.37. The van der Waals surface area contributed by atoms with E-state index in [0.717, 1.165) is 18.5 Å². The Hall–Kier alpha value is -1.08. The van der Waals surface area contributed by atoms with Crippen LogP contribution < -0.4 is 0 Å². The minimum absolute atomic E-state index is 0.0318. The minimum Gasteiger partial charge on any atom is -0.333 e. The van der Waals surface area contributed by atoms with Crippen molar-refractivity contribution in [2.24, 2.45) is 0 Å². The van der Waals surface area contributed by atoms with E-state index in [9.17, 15) is 13.2 Å². The van der Waals surface area contributed by atoms with Crippen LogP contribution in [0.4, 0.5) is 0 Å². The van der Waals surface area contributed by atoms with E-state index >= 15 is 0 Å². The molecule has 116 valence electrons. The summed E-state index contributed by atoms with van der Waals surface area (Å²) in [5, 5.41) is 7.30. The molecule has 6 nitrogen and oxygen atoms in total. The second-order valence-corrected chi connectivity index (χ2v) is 8.33. The summed E-state index contributed by atoms with van der Waals surface area (Å²) in [6.07, 6.45) is 2.61. The van der Waals surface area contributed by atoms with Gasteiger partial charge in [0.2, 0.25) is 0 Å². The van der Waals surface area contributed by atoms with Crippen molar-refractivity contribution in [1.82, 2.24) is 15.1 Å². The third-order valence-electron chi connectivity index (χ3n) is 4.17. The molecule has 3 rings (SSSR count). The zero-order chi connectivity index (χ0) is 15.2. The first kappa shape index (κ1) is 14.8. The summed E-state index contributed by atoms with van der Waals surface area (Å²) in [7, 11) is -3.03. The van der Waals surface area contributed by atoms with Crippen molar-refractivity contribution >= 4 is 27.3 Å². The number of aromatic nitrogens is 2. The van der Waals surface area contributed by atoms with Crippen LogP contribution in [-0.2, 0) is 9.84 Å². The van der Waals surface area contributed by atoms with Crippen molar-refractivity contribution in [3.05, 3.63) is 16.4 Å². The van der Waals surface area contributed by atoms with Crippen LogP contribution in [0, 0.1) is 0 Å². The van der Waals surface area contributed by atoms with Crippen molar-refractivity contribution in [2.75, 3.05) is 18.1 Å². The Bertz CT molecular complexity index is 666. The summed E-state index contributed by atoms with van der Waals surface area (Å²) in [5.74, 6) is 0.272. The van der Waals surface area contributed by atoms with Crippen molar-refractivity contribution in [3.8, 4) is 0 Å². The Morgan fingerprint density at radius 1 is 1.43 bits per heavy atom. The van der Waals surface area contributed by atoms with Gasteiger partial charge in [-0.05, 0) is 26.2 Å². The Morgan fingerprint density at radius 2 is 2.14 bits per heavy atom. The Kier molecular flexibility index (Phi) is 3.73. The van der Waals surface area contributed by atoms with Gasteiger partial charge in [-0.2, -0.15) is 5.10 Å². The molecule has 1 N–H and O–H groups in total. The van der Waals surface area contributed by atoms with E-state index in [1.165, 1.54) is 0 Å². The molecule has 1 aliphatic heterocycles. The Labute approximate surface area is 128 Å². The molecule has 1 aliphatic carbocycles. The van der Waals surface area contributed by atoms with E-state index in [0.29, 0.717) is 23.9 Å². The van der Waals surface area contributed by atoms with Gasteiger partial charge in [0.15, 0.2) is 15.5 Å². The molecule has 0 spiro atoms. The van der Waals surface area contributed by atoms with Crippen LogP contribution in [0.1, 0.15) is 48.3 Å². The average molecular weight is 332 g/mol. The predicted molar refractivity (Wildman–Crippen MR) is 79.3 cm³/mol. The maximum atomic E-state index is 12.6. The van der Waals surface area contributed by atoms with E-state index in [1.807, 2.05) is 6.92 Å². The van der Waals surface area contributed by atoms with Gasteiger partial charge in [0.05, 0.1) is 22.2 Å². The topological polar surface area (TPSA) is 83.1 Å². The first-order valence-electron chi connectivity index (χ1n) is 7.18. The van der Waals surface area contributed by atoms with Crippen LogP contribution in [0.15, 0.2) is 0 Å². The van der Waals surface area contributed by atoms with Gasteiger partial charge in [-0.15, -0.1) is 0 Å². The molecule has 0 bridgehead atoms.